The summed E-state index contributed by atoms with van der Waals surface area (Å²) in [5.41, 5.74) is -0.344. The molecule has 0 fully saturated rings. The number of carbonyl (C=O) groups excluding carboxylic acids is 1. The summed E-state index contributed by atoms with van der Waals surface area (Å²) in [4.78, 5) is 29.0. The molecular weight excluding hydrogens is 383 g/mol. The van der Waals surface area contributed by atoms with Gasteiger partial charge in [0.25, 0.3) is 5.56 Å². The van der Waals surface area contributed by atoms with Crippen LogP contribution in [0.2, 0.25) is 0 Å². The average molecular weight is 401 g/mol. The van der Waals surface area contributed by atoms with E-state index in [2.05, 4.69) is 16.9 Å². The van der Waals surface area contributed by atoms with Gasteiger partial charge in [0.2, 0.25) is 5.91 Å². The topological polar surface area (TPSA) is 64.0 Å². The molecule has 3 rings (SSSR count). The summed E-state index contributed by atoms with van der Waals surface area (Å²) in [7, 11) is 0. The lowest BCUT2D eigenvalue weighted by Crippen LogP contribution is -2.26. The molecule has 0 aliphatic rings. The number of hydrogen-bond acceptors (Lipinski definition) is 3. The molecule has 1 amide bonds. The number of benzene rings is 2. The van der Waals surface area contributed by atoms with Crippen LogP contribution in [0.1, 0.15) is 17.7 Å². The van der Waals surface area contributed by atoms with Crippen LogP contribution in [-0.2, 0) is 23.9 Å². The number of alkyl halides is 3. The first-order chi connectivity index (χ1) is 13.8. The van der Waals surface area contributed by atoms with Crippen LogP contribution in [-0.4, -0.2) is 15.5 Å². The molecule has 2 aromatic carbocycles. The number of fused-ring (bicyclic) bond motifs is 1. The van der Waals surface area contributed by atoms with Crippen LogP contribution in [0.5, 0.6) is 0 Å². The number of anilines is 1. The third-order valence-corrected chi connectivity index (χ3v) is 4.30. The van der Waals surface area contributed by atoms with Crippen molar-refractivity contribution in [2.45, 2.75) is 25.6 Å². The highest BCUT2D eigenvalue weighted by molar-refractivity contribution is 5.90. The van der Waals surface area contributed by atoms with Crippen molar-refractivity contribution >= 4 is 22.6 Å². The van der Waals surface area contributed by atoms with Gasteiger partial charge in [-0.05, 0) is 30.3 Å². The molecule has 0 saturated heterocycles. The normalized spacial score (nSPS) is 11.4. The maximum Gasteiger partial charge on any atom is 0.416 e. The highest BCUT2D eigenvalue weighted by Crippen LogP contribution is 2.30. The molecule has 0 bridgehead atoms. The van der Waals surface area contributed by atoms with E-state index in [4.69, 9.17) is 0 Å². The largest absolute Gasteiger partial charge is 0.416 e. The monoisotopic (exact) mass is 401 g/mol. The Balaban J connectivity index is 1.91. The van der Waals surface area contributed by atoms with Crippen LogP contribution in [0.4, 0.5) is 18.9 Å². The Morgan fingerprint density at radius 1 is 1.17 bits per heavy atom. The fourth-order valence-electron chi connectivity index (χ4n) is 2.93. The van der Waals surface area contributed by atoms with Crippen LogP contribution >= 0.6 is 0 Å². The molecule has 0 aliphatic carbocycles. The Hall–Kier alpha value is -3.42. The van der Waals surface area contributed by atoms with E-state index in [9.17, 15) is 22.8 Å². The molecule has 150 valence electrons. The van der Waals surface area contributed by atoms with Gasteiger partial charge >= 0.3 is 6.18 Å². The van der Waals surface area contributed by atoms with Gasteiger partial charge in [0.1, 0.15) is 5.69 Å². The SMILES string of the molecule is C=CCn1c(=O)c(CCC(=O)Nc2ccccc2)nc2cc(C(F)(F)F)ccc21. The number of rotatable bonds is 6. The molecule has 5 nitrogen and oxygen atoms in total. The van der Waals surface area contributed by atoms with E-state index in [-0.39, 0.29) is 42.0 Å². The smallest absolute Gasteiger partial charge is 0.326 e. The Labute approximate surface area is 164 Å². The number of amides is 1. The molecule has 0 radical (unpaired) electrons. The highest BCUT2D eigenvalue weighted by Gasteiger charge is 2.31. The van der Waals surface area contributed by atoms with E-state index in [0.717, 1.165) is 12.1 Å². The third-order valence-electron chi connectivity index (χ3n) is 4.30. The predicted octanol–water partition coefficient (Wildman–Crippen LogP) is 4.17. The first-order valence-electron chi connectivity index (χ1n) is 8.86. The summed E-state index contributed by atoms with van der Waals surface area (Å²) in [6, 6.07) is 11.8. The zero-order valence-electron chi connectivity index (χ0n) is 15.4. The van der Waals surface area contributed by atoms with Crippen molar-refractivity contribution < 1.29 is 18.0 Å². The maximum absolute atomic E-state index is 13.0. The third kappa shape index (κ3) is 4.71. The summed E-state index contributed by atoms with van der Waals surface area (Å²) >= 11 is 0. The van der Waals surface area contributed by atoms with Crippen molar-refractivity contribution in [3.05, 3.63) is 82.8 Å². The Morgan fingerprint density at radius 2 is 1.90 bits per heavy atom. The van der Waals surface area contributed by atoms with Crippen molar-refractivity contribution in [1.82, 2.24) is 9.55 Å². The van der Waals surface area contributed by atoms with E-state index < -0.39 is 17.3 Å². The van der Waals surface area contributed by atoms with E-state index in [1.807, 2.05) is 6.07 Å². The van der Waals surface area contributed by atoms with Gasteiger partial charge in [0.15, 0.2) is 0 Å². The second-order valence-electron chi connectivity index (χ2n) is 6.38. The minimum atomic E-state index is -4.52. The summed E-state index contributed by atoms with van der Waals surface area (Å²) in [5, 5.41) is 2.70. The summed E-state index contributed by atoms with van der Waals surface area (Å²) in [6.45, 7) is 3.70. The lowest BCUT2D eigenvalue weighted by atomic mass is 10.1. The van der Waals surface area contributed by atoms with Crippen molar-refractivity contribution in [1.29, 1.82) is 0 Å². The van der Waals surface area contributed by atoms with E-state index in [0.29, 0.717) is 5.69 Å². The van der Waals surface area contributed by atoms with Crippen LogP contribution in [0.15, 0.2) is 66.0 Å². The fraction of sp³-hybridized carbons (Fsp3) is 0.190. The Kier molecular flexibility index (Phi) is 5.81. The standard InChI is InChI=1S/C21H18F3N3O2/c1-2-12-27-18-10-8-14(21(22,23)24)13-17(18)26-16(20(27)29)9-11-19(28)25-15-6-4-3-5-7-15/h2-8,10,13H,1,9,11-12H2,(H,25,28). The van der Waals surface area contributed by atoms with Gasteiger partial charge in [-0.1, -0.05) is 24.3 Å². The Bertz CT molecular complexity index is 1110. The zero-order chi connectivity index (χ0) is 21.0. The number of hydrogen-bond donors (Lipinski definition) is 1. The van der Waals surface area contributed by atoms with Crippen molar-refractivity contribution in [3.63, 3.8) is 0 Å². The van der Waals surface area contributed by atoms with E-state index in [1.165, 1.54) is 16.7 Å². The molecule has 0 saturated carbocycles. The number of nitrogens with zero attached hydrogens (tertiary/aromatic N) is 2. The van der Waals surface area contributed by atoms with Crippen LogP contribution in [0.25, 0.3) is 11.0 Å². The molecule has 0 unspecified atom stereocenters. The van der Waals surface area contributed by atoms with Gasteiger partial charge in [-0.15, -0.1) is 6.58 Å². The molecule has 0 spiro atoms. The number of halogens is 3. The molecule has 3 aromatic rings. The van der Waals surface area contributed by atoms with Gasteiger partial charge in [-0.25, -0.2) is 4.98 Å². The summed E-state index contributed by atoms with van der Waals surface area (Å²) < 4.78 is 40.4. The quantitative estimate of drug-likeness (QED) is 0.631. The lowest BCUT2D eigenvalue weighted by molar-refractivity contribution is -0.137. The van der Waals surface area contributed by atoms with Gasteiger partial charge in [-0.3, -0.25) is 9.59 Å². The van der Waals surface area contributed by atoms with E-state index in [1.54, 1.807) is 24.3 Å². The number of nitrogens with one attached hydrogen (secondary N) is 1. The molecule has 0 atom stereocenters. The molecule has 1 N–H and O–H groups in total. The van der Waals surface area contributed by atoms with Gasteiger partial charge in [0, 0.05) is 25.1 Å². The predicted molar refractivity (Wildman–Crippen MR) is 105 cm³/mol. The first-order valence-corrected chi connectivity index (χ1v) is 8.86. The number of para-hydroxylation sites is 1. The molecule has 1 heterocycles. The first kappa shape index (κ1) is 20.3. The van der Waals surface area contributed by atoms with Crippen LogP contribution in [0.3, 0.4) is 0 Å². The van der Waals surface area contributed by atoms with Gasteiger partial charge in [-0.2, -0.15) is 13.2 Å². The Morgan fingerprint density at radius 3 is 2.55 bits per heavy atom. The molecule has 8 heteroatoms. The van der Waals surface area contributed by atoms with Crippen molar-refractivity contribution in [2.75, 3.05) is 5.32 Å². The van der Waals surface area contributed by atoms with E-state index >= 15 is 0 Å². The maximum atomic E-state index is 13.0. The number of allylic oxidation sites excluding steroid dienone is 1. The molecular formula is C21H18F3N3O2. The summed E-state index contributed by atoms with van der Waals surface area (Å²) in [5.74, 6) is -0.322. The molecule has 29 heavy (non-hydrogen) atoms. The van der Waals surface area contributed by atoms with Gasteiger partial charge in [0.05, 0.1) is 16.6 Å². The fourth-order valence-corrected chi connectivity index (χ4v) is 2.93. The lowest BCUT2D eigenvalue weighted by Gasteiger charge is -2.13. The van der Waals surface area contributed by atoms with Gasteiger partial charge < -0.3 is 9.88 Å². The average Bonchev–Trinajstić information content (AvgIpc) is 2.68. The minimum absolute atomic E-state index is 0.000822. The molecule has 0 aliphatic heterocycles. The highest BCUT2D eigenvalue weighted by atomic mass is 19.4. The number of carbonyl (C=O) groups is 1. The number of aryl methyl sites for hydroxylation is 1. The zero-order valence-corrected chi connectivity index (χ0v) is 15.4. The molecule has 1 aromatic heterocycles. The van der Waals surface area contributed by atoms with Crippen molar-refractivity contribution in [3.8, 4) is 0 Å². The number of aromatic nitrogens is 2. The second kappa shape index (κ2) is 8.30. The van der Waals surface area contributed by atoms with Crippen molar-refractivity contribution in [2.24, 2.45) is 0 Å². The van der Waals surface area contributed by atoms with Crippen LogP contribution < -0.4 is 10.9 Å². The second-order valence-corrected chi connectivity index (χ2v) is 6.38. The summed E-state index contributed by atoms with van der Waals surface area (Å²) in [6.07, 6.45) is -3.08. The minimum Gasteiger partial charge on any atom is -0.326 e. The van der Waals surface area contributed by atoms with Crippen LogP contribution in [0, 0.1) is 0 Å².